The van der Waals surface area contributed by atoms with Crippen molar-refractivity contribution in [3.63, 3.8) is 0 Å². The number of nitrogens with one attached hydrogen (secondary N) is 1. The van der Waals surface area contributed by atoms with E-state index in [4.69, 9.17) is 0 Å². The zero-order valence-corrected chi connectivity index (χ0v) is 14.8. The first-order valence-electron chi connectivity index (χ1n) is 7.50. The maximum atomic E-state index is 12.7. The lowest BCUT2D eigenvalue weighted by molar-refractivity contribution is 0.316. The van der Waals surface area contributed by atoms with E-state index in [2.05, 4.69) is 5.32 Å². The normalized spacial score (nSPS) is 13.9. The summed E-state index contributed by atoms with van der Waals surface area (Å²) in [7, 11) is -1.79. The SMILES string of the molecule is CCNCc1cc(S(=O)(=O)N(C)C(C)C(C)C)ccc1C. The second kappa shape index (κ2) is 7.38. The van der Waals surface area contributed by atoms with Crippen LogP contribution in [0, 0.1) is 12.8 Å². The van der Waals surface area contributed by atoms with Gasteiger partial charge < -0.3 is 5.32 Å². The van der Waals surface area contributed by atoms with Gasteiger partial charge in [0.1, 0.15) is 0 Å². The highest BCUT2D eigenvalue weighted by Gasteiger charge is 2.27. The summed E-state index contributed by atoms with van der Waals surface area (Å²) in [5.41, 5.74) is 2.14. The fourth-order valence-corrected chi connectivity index (χ4v) is 3.61. The molecule has 1 N–H and O–H groups in total. The first-order valence-corrected chi connectivity index (χ1v) is 8.94. The first kappa shape index (κ1) is 18.1. The van der Waals surface area contributed by atoms with Crippen molar-refractivity contribution in [1.29, 1.82) is 0 Å². The van der Waals surface area contributed by atoms with Crippen molar-refractivity contribution in [3.8, 4) is 0 Å². The predicted octanol–water partition coefficient (Wildman–Crippen LogP) is 2.77. The topological polar surface area (TPSA) is 49.4 Å². The fourth-order valence-electron chi connectivity index (χ4n) is 2.06. The average molecular weight is 312 g/mol. The number of hydrogen-bond donors (Lipinski definition) is 1. The quantitative estimate of drug-likeness (QED) is 0.842. The molecule has 1 rings (SSSR count). The van der Waals surface area contributed by atoms with Gasteiger partial charge in [0, 0.05) is 19.6 Å². The summed E-state index contributed by atoms with van der Waals surface area (Å²) in [6.45, 7) is 11.6. The van der Waals surface area contributed by atoms with Gasteiger partial charge in [-0.15, -0.1) is 0 Å². The van der Waals surface area contributed by atoms with E-state index in [0.29, 0.717) is 11.4 Å². The lowest BCUT2D eigenvalue weighted by Gasteiger charge is -2.27. The maximum absolute atomic E-state index is 12.7. The molecule has 0 aliphatic heterocycles. The van der Waals surface area contributed by atoms with E-state index in [1.54, 1.807) is 19.2 Å². The number of benzene rings is 1. The second-order valence-corrected chi connectivity index (χ2v) is 7.87. The van der Waals surface area contributed by atoms with E-state index < -0.39 is 10.0 Å². The average Bonchev–Trinajstić information content (AvgIpc) is 2.44. The van der Waals surface area contributed by atoms with Gasteiger partial charge in [-0.2, -0.15) is 4.31 Å². The Morgan fingerprint density at radius 1 is 1.24 bits per heavy atom. The van der Waals surface area contributed by atoms with Crippen LogP contribution in [0.5, 0.6) is 0 Å². The van der Waals surface area contributed by atoms with Crippen molar-refractivity contribution in [2.24, 2.45) is 5.92 Å². The number of hydrogen-bond acceptors (Lipinski definition) is 3. The summed E-state index contributed by atoms with van der Waals surface area (Å²) < 4.78 is 26.9. The molecule has 1 aromatic carbocycles. The van der Waals surface area contributed by atoms with Crippen LogP contribution in [0.25, 0.3) is 0 Å². The van der Waals surface area contributed by atoms with Gasteiger partial charge in [-0.1, -0.05) is 26.8 Å². The predicted molar refractivity (Wildman–Crippen MR) is 87.8 cm³/mol. The van der Waals surface area contributed by atoms with E-state index in [9.17, 15) is 8.42 Å². The third-order valence-electron chi connectivity index (χ3n) is 4.10. The van der Waals surface area contributed by atoms with Crippen LogP contribution in [-0.4, -0.2) is 32.4 Å². The third kappa shape index (κ3) is 4.28. The number of aryl methyl sites for hydroxylation is 1. The van der Waals surface area contributed by atoms with Crippen LogP contribution in [-0.2, 0) is 16.6 Å². The van der Waals surface area contributed by atoms with E-state index >= 15 is 0 Å². The molecule has 1 unspecified atom stereocenters. The molecule has 0 spiro atoms. The number of sulfonamides is 1. The van der Waals surface area contributed by atoms with E-state index in [1.165, 1.54) is 4.31 Å². The monoisotopic (exact) mass is 312 g/mol. The first-order chi connectivity index (χ1) is 9.71. The van der Waals surface area contributed by atoms with E-state index in [0.717, 1.165) is 17.7 Å². The Labute approximate surface area is 129 Å². The zero-order chi connectivity index (χ0) is 16.2. The summed E-state index contributed by atoms with van der Waals surface area (Å²) in [6, 6.07) is 5.34. The highest BCUT2D eigenvalue weighted by Crippen LogP contribution is 2.22. The minimum atomic E-state index is -3.44. The molecule has 21 heavy (non-hydrogen) atoms. The van der Waals surface area contributed by atoms with Gasteiger partial charge in [-0.25, -0.2) is 8.42 Å². The van der Waals surface area contributed by atoms with Gasteiger partial charge >= 0.3 is 0 Å². The van der Waals surface area contributed by atoms with E-state index in [-0.39, 0.29) is 12.0 Å². The molecule has 0 fully saturated rings. The van der Waals surface area contributed by atoms with Crippen LogP contribution in [0.2, 0.25) is 0 Å². The van der Waals surface area contributed by atoms with E-state index in [1.807, 2.05) is 40.7 Å². The Bertz CT molecular complexity index is 568. The molecule has 0 bridgehead atoms. The molecule has 0 amide bonds. The Kier molecular flexibility index (Phi) is 6.38. The molecular weight excluding hydrogens is 284 g/mol. The molecule has 0 radical (unpaired) electrons. The molecule has 0 aliphatic carbocycles. The largest absolute Gasteiger partial charge is 0.313 e. The molecule has 0 heterocycles. The molecule has 0 aromatic heterocycles. The molecule has 0 aliphatic rings. The highest BCUT2D eigenvalue weighted by atomic mass is 32.2. The van der Waals surface area contributed by atoms with Crippen LogP contribution in [0.3, 0.4) is 0 Å². The number of rotatable bonds is 7. The fraction of sp³-hybridized carbons (Fsp3) is 0.625. The summed E-state index contributed by atoms with van der Waals surface area (Å²) in [4.78, 5) is 0.371. The molecule has 5 heteroatoms. The summed E-state index contributed by atoms with van der Waals surface area (Å²) in [5.74, 6) is 0.274. The molecule has 0 saturated carbocycles. The van der Waals surface area contributed by atoms with Gasteiger partial charge in [0.15, 0.2) is 0 Å². The van der Waals surface area contributed by atoms with Gasteiger partial charge in [0.05, 0.1) is 4.90 Å². The molecule has 0 saturated heterocycles. The smallest absolute Gasteiger partial charge is 0.243 e. The summed E-state index contributed by atoms with van der Waals surface area (Å²) in [6.07, 6.45) is 0. The van der Waals surface area contributed by atoms with Crippen LogP contribution in [0.15, 0.2) is 23.1 Å². The van der Waals surface area contributed by atoms with Gasteiger partial charge in [-0.3, -0.25) is 0 Å². The van der Waals surface area contributed by atoms with Crippen molar-refractivity contribution in [3.05, 3.63) is 29.3 Å². The lowest BCUT2D eigenvalue weighted by Crippen LogP contribution is -2.38. The van der Waals surface area contributed by atoms with Crippen LogP contribution < -0.4 is 5.32 Å². The number of nitrogens with zero attached hydrogens (tertiary/aromatic N) is 1. The van der Waals surface area contributed by atoms with Crippen LogP contribution in [0.1, 0.15) is 38.8 Å². The molecule has 1 aromatic rings. The minimum Gasteiger partial charge on any atom is -0.313 e. The standard InChI is InChI=1S/C16H28N2O2S/c1-7-17-11-15-10-16(9-8-13(15)4)21(19,20)18(6)14(5)12(2)3/h8-10,12,14,17H,7,11H2,1-6H3. The van der Waals surface area contributed by atoms with Crippen molar-refractivity contribution >= 4 is 10.0 Å². The minimum absolute atomic E-state index is 0.0338. The maximum Gasteiger partial charge on any atom is 0.243 e. The zero-order valence-electron chi connectivity index (χ0n) is 14.0. The Morgan fingerprint density at radius 2 is 1.86 bits per heavy atom. The van der Waals surface area contributed by atoms with Gasteiger partial charge in [0.2, 0.25) is 10.0 Å². The van der Waals surface area contributed by atoms with Crippen molar-refractivity contribution < 1.29 is 8.42 Å². The van der Waals surface area contributed by atoms with Crippen LogP contribution in [0.4, 0.5) is 0 Å². The molecule has 1 atom stereocenters. The second-order valence-electron chi connectivity index (χ2n) is 5.87. The molecule has 4 nitrogen and oxygen atoms in total. The molecular formula is C16H28N2O2S. The summed E-state index contributed by atoms with van der Waals surface area (Å²) in [5, 5.41) is 3.25. The Hall–Kier alpha value is -0.910. The molecule has 120 valence electrons. The van der Waals surface area contributed by atoms with Crippen molar-refractivity contribution in [2.45, 2.75) is 52.1 Å². The third-order valence-corrected chi connectivity index (χ3v) is 6.04. The summed E-state index contributed by atoms with van der Waals surface area (Å²) >= 11 is 0. The Morgan fingerprint density at radius 3 is 2.38 bits per heavy atom. The van der Waals surface area contributed by atoms with Crippen LogP contribution >= 0.6 is 0 Å². The lowest BCUT2D eigenvalue weighted by atomic mass is 10.1. The van der Waals surface area contributed by atoms with Gasteiger partial charge in [0.25, 0.3) is 0 Å². The highest BCUT2D eigenvalue weighted by molar-refractivity contribution is 7.89. The van der Waals surface area contributed by atoms with Crippen molar-refractivity contribution in [1.82, 2.24) is 9.62 Å². The Balaban J connectivity index is 3.14. The van der Waals surface area contributed by atoms with Gasteiger partial charge in [-0.05, 0) is 49.6 Å². The van der Waals surface area contributed by atoms with Crippen molar-refractivity contribution in [2.75, 3.05) is 13.6 Å².